The number of esters is 2. The van der Waals surface area contributed by atoms with Crippen LogP contribution < -0.4 is 0 Å². The second-order valence-electron chi connectivity index (χ2n) is 5.73. The fourth-order valence-corrected chi connectivity index (χ4v) is 2.55. The van der Waals surface area contributed by atoms with E-state index in [2.05, 4.69) is 0 Å². The number of ether oxygens (including phenoxy) is 3. The van der Waals surface area contributed by atoms with Gasteiger partial charge in [0.05, 0.1) is 6.10 Å². The van der Waals surface area contributed by atoms with Gasteiger partial charge in [-0.3, -0.25) is 14.4 Å². The molecule has 2 fully saturated rings. The molecule has 21 heavy (non-hydrogen) atoms. The van der Waals surface area contributed by atoms with Gasteiger partial charge in [0.15, 0.2) is 0 Å². The Bertz CT molecular complexity index is 418. The molecule has 2 saturated heterocycles. The summed E-state index contributed by atoms with van der Waals surface area (Å²) in [5, 5.41) is 0. The zero-order valence-corrected chi connectivity index (χ0v) is 12.5. The lowest BCUT2D eigenvalue weighted by Crippen LogP contribution is -2.31. The molecule has 0 spiro atoms. The van der Waals surface area contributed by atoms with Crippen LogP contribution in [0.5, 0.6) is 0 Å². The SMILES string of the molecule is CCCCC(=O)OC1CC(=O)CC(=O)OC(C)CC2OC12. The summed E-state index contributed by atoms with van der Waals surface area (Å²) >= 11 is 0. The predicted octanol–water partition coefficient (Wildman–Crippen LogP) is 1.54. The molecule has 0 bridgehead atoms. The number of hydrogen-bond donors (Lipinski definition) is 0. The van der Waals surface area contributed by atoms with Crippen LogP contribution in [0.1, 0.15) is 52.4 Å². The van der Waals surface area contributed by atoms with E-state index in [1.54, 1.807) is 6.92 Å². The number of rotatable bonds is 4. The van der Waals surface area contributed by atoms with Crippen molar-refractivity contribution in [3.8, 4) is 0 Å². The Morgan fingerprint density at radius 1 is 1.38 bits per heavy atom. The van der Waals surface area contributed by atoms with Crippen molar-refractivity contribution < 1.29 is 28.6 Å². The molecule has 0 aliphatic carbocycles. The lowest BCUT2D eigenvalue weighted by molar-refractivity contribution is -0.153. The van der Waals surface area contributed by atoms with Crippen LogP contribution in [0, 0.1) is 0 Å². The van der Waals surface area contributed by atoms with Crippen molar-refractivity contribution in [2.45, 2.75) is 76.8 Å². The molecular weight excluding hydrogens is 276 g/mol. The van der Waals surface area contributed by atoms with Gasteiger partial charge in [-0.05, 0) is 13.3 Å². The Morgan fingerprint density at radius 2 is 2.14 bits per heavy atom. The summed E-state index contributed by atoms with van der Waals surface area (Å²) in [7, 11) is 0. The topological polar surface area (TPSA) is 82.2 Å². The van der Waals surface area contributed by atoms with Crippen molar-refractivity contribution in [2.24, 2.45) is 0 Å². The molecule has 0 aromatic rings. The van der Waals surface area contributed by atoms with Gasteiger partial charge in [-0.25, -0.2) is 0 Å². The number of unbranched alkanes of at least 4 members (excludes halogenated alkanes) is 1. The van der Waals surface area contributed by atoms with Crippen LogP contribution in [-0.4, -0.2) is 42.1 Å². The fraction of sp³-hybridized carbons (Fsp3) is 0.800. The Labute approximate surface area is 124 Å². The van der Waals surface area contributed by atoms with E-state index in [4.69, 9.17) is 14.2 Å². The largest absolute Gasteiger partial charge is 0.462 e. The minimum Gasteiger partial charge on any atom is -0.462 e. The molecule has 4 unspecified atom stereocenters. The summed E-state index contributed by atoms with van der Waals surface area (Å²) in [5.74, 6) is -1.11. The number of carbonyl (C=O) groups is 3. The summed E-state index contributed by atoms with van der Waals surface area (Å²) in [6.07, 6.45) is 1.08. The maximum Gasteiger partial charge on any atom is 0.313 e. The number of epoxide rings is 1. The van der Waals surface area contributed by atoms with Gasteiger partial charge in [-0.15, -0.1) is 0 Å². The maximum absolute atomic E-state index is 11.8. The summed E-state index contributed by atoms with van der Waals surface area (Å²) in [4.78, 5) is 35.1. The monoisotopic (exact) mass is 298 g/mol. The Hall–Kier alpha value is -1.43. The molecule has 2 rings (SSSR count). The lowest BCUT2D eigenvalue weighted by Gasteiger charge is -2.18. The number of ketones is 1. The van der Waals surface area contributed by atoms with Crippen LogP contribution in [0.3, 0.4) is 0 Å². The summed E-state index contributed by atoms with van der Waals surface area (Å²) in [6, 6.07) is 0. The molecule has 0 N–H and O–H groups in total. The van der Waals surface area contributed by atoms with Gasteiger partial charge in [0.25, 0.3) is 0 Å². The maximum atomic E-state index is 11.8. The molecule has 6 nitrogen and oxygen atoms in total. The predicted molar refractivity (Wildman–Crippen MR) is 72.5 cm³/mol. The highest BCUT2D eigenvalue weighted by atomic mass is 16.6. The first-order valence-electron chi connectivity index (χ1n) is 7.55. The van der Waals surface area contributed by atoms with Crippen molar-refractivity contribution in [2.75, 3.05) is 0 Å². The van der Waals surface area contributed by atoms with Gasteiger partial charge < -0.3 is 14.2 Å². The molecule has 6 heteroatoms. The molecule has 0 aromatic heterocycles. The van der Waals surface area contributed by atoms with Crippen LogP contribution in [0.15, 0.2) is 0 Å². The third kappa shape index (κ3) is 4.81. The molecular formula is C15H22O6. The van der Waals surface area contributed by atoms with Gasteiger partial charge in [-0.2, -0.15) is 0 Å². The Kier molecular flexibility index (Phi) is 5.33. The van der Waals surface area contributed by atoms with Crippen molar-refractivity contribution >= 4 is 17.7 Å². The molecule has 118 valence electrons. The van der Waals surface area contributed by atoms with Crippen molar-refractivity contribution in [3.63, 3.8) is 0 Å². The van der Waals surface area contributed by atoms with E-state index >= 15 is 0 Å². The molecule has 2 aliphatic rings. The Morgan fingerprint density at radius 3 is 2.86 bits per heavy atom. The number of fused-ring (bicyclic) bond motifs is 1. The summed E-state index contributed by atoms with van der Waals surface area (Å²) < 4.78 is 16.0. The molecule has 0 aromatic carbocycles. The van der Waals surface area contributed by atoms with Gasteiger partial charge in [0.2, 0.25) is 0 Å². The first-order valence-corrected chi connectivity index (χ1v) is 7.55. The van der Waals surface area contributed by atoms with E-state index in [0.717, 1.165) is 12.8 Å². The van der Waals surface area contributed by atoms with Crippen molar-refractivity contribution in [1.82, 2.24) is 0 Å². The normalized spacial score (nSPS) is 32.9. The molecule has 2 aliphatic heterocycles. The highest BCUT2D eigenvalue weighted by Crippen LogP contribution is 2.34. The van der Waals surface area contributed by atoms with Gasteiger partial charge in [0.1, 0.15) is 30.5 Å². The standard InChI is InChI=1S/C15H22O6/c1-3-4-5-13(17)20-12-7-10(16)8-14(18)19-9(2)6-11-15(12)21-11/h9,11-12,15H,3-8H2,1-2H3. The van der Waals surface area contributed by atoms with Crippen LogP contribution in [0.4, 0.5) is 0 Å². The van der Waals surface area contributed by atoms with Crippen molar-refractivity contribution in [3.05, 3.63) is 0 Å². The highest BCUT2D eigenvalue weighted by molar-refractivity contribution is 5.96. The van der Waals surface area contributed by atoms with Gasteiger partial charge >= 0.3 is 11.9 Å². The van der Waals surface area contributed by atoms with E-state index in [9.17, 15) is 14.4 Å². The highest BCUT2D eigenvalue weighted by Gasteiger charge is 2.48. The van der Waals surface area contributed by atoms with E-state index in [1.807, 2.05) is 6.92 Å². The third-order valence-corrected chi connectivity index (χ3v) is 3.67. The van der Waals surface area contributed by atoms with Gasteiger partial charge in [0, 0.05) is 19.3 Å². The van der Waals surface area contributed by atoms with Crippen LogP contribution in [0.2, 0.25) is 0 Å². The molecule has 0 amide bonds. The summed E-state index contributed by atoms with van der Waals surface area (Å²) in [5.41, 5.74) is 0. The minimum atomic E-state index is -0.579. The zero-order chi connectivity index (χ0) is 15.4. The van der Waals surface area contributed by atoms with E-state index < -0.39 is 12.1 Å². The first-order chi connectivity index (χ1) is 9.99. The average molecular weight is 298 g/mol. The lowest BCUT2D eigenvalue weighted by atomic mass is 10.0. The van der Waals surface area contributed by atoms with E-state index in [1.165, 1.54) is 0 Å². The average Bonchev–Trinajstić information content (AvgIpc) is 3.13. The van der Waals surface area contributed by atoms with Crippen LogP contribution in [-0.2, 0) is 28.6 Å². The van der Waals surface area contributed by atoms with E-state index in [0.29, 0.717) is 12.8 Å². The summed E-state index contributed by atoms with van der Waals surface area (Å²) in [6.45, 7) is 3.76. The van der Waals surface area contributed by atoms with Crippen LogP contribution >= 0.6 is 0 Å². The molecule has 4 atom stereocenters. The smallest absolute Gasteiger partial charge is 0.313 e. The third-order valence-electron chi connectivity index (χ3n) is 3.67. The fourth-order valence-electron chi connectivity index (χ4n) is 2.55. The first kappa shape index (κ1) is 15.9. The Balaban J connectivity index is 1.97. The number of carbonyl (C=O) groups excluding carboxylic acids is 3. The molecule has 2 heterocycles. The minimum absolute atomic E-state index is 0.0164. The van der Waals surface area contributed by atoms with Gasteiger partial charge in [-0.1, -0.05) is 13.3 Å². The second-order valence-corrected chi connectivity index (χ2v) is 5.73. The number of Topliss-reactive ketones (excluding diaryl/α,β-unsaturated/α-hetero) is 1. The zero-order valence-electron chi connectivity index (χ0n) is 12.5. The molecule has 0 saturated carbocycles. The quantitative estimate of drug-likeness (QED) is 0.445. The number of cyclic esters (lactones) is 1. The van der Waals surface area contributed by atoms with E-state index in [-0.39, 0.29) is 42.9 Å². The van der Waals surface area contributed by atoms with Crippen LogP contribution in [0.25, 0.3) is 0 Å². The van der Waals surface area contributed by atoms with Crippen molar-refractivity contribution in [1.29, 1.82) is 0 Å². The second kappa shape index (κ2) is 7.02. The number of hydrogen-bond acceptors (Lipinski definition) is 6. The molecule has 0 radical (unpaired) electrons.